The molecule has 4 rings (SSSR count). The first-order chi connectivity index (χ1) is 14.2. The second kappa shape index (κ2) is 9.37. The minimum atomic E-state index is -0.196. The number of aliphatic imine (C=N–C) groups is 1. The summed E-state index contributed by atoms with van der Waals surface area (Å²) in [4.78, 5) is 4.81. The van der Waals surface area contributed by atoms with E-state index in [0.717, 1.165) is 55.1 Å². The fourth-order valence-corrected chi connectivity index (χ4v) is 4.73. The van der Waals surface area contributed by atoms with Gasteiger partial charge in [-0.2, -0.15) is 0 Å². The Morgan fingerprint density at radius 3 is 2.83 bits per heavy atom. The van der Waals surface area contributed by atoms with Crippen molar-refractivity contribution in [1.82, 2.24) is 25.4 Å². The van der Waals surface area contributed by atoms with Crippen molar-refractivity contribution in [2.24, 2.45) is 16.8 Å². The van der Waals surface area contributed by atoms with E-state index in [4.69, 9.17) is 4.99 Å². The van der Waals surface area contributed by atoms with Gasteiger partial charge < -0.3 is 15.2 Å². The Hall–Kier alpha value is -2.44. The summed E-state index contributed by atoms with van der Waals surface area (Å²) >= 11 is 0. The number of guanidine groups is 1. The predicted octanol–water partition coefficient (Wildman–Crippen LogP) is 2.95. The molecule has 1 aromatic carbocycles. The Bertz CT molecular complexity index is 815. The Morgan fingerprint density at radius 2 is 2.10 bits per heavy atom. The van der Waals surface area contributed by atoms with Gasteiger partial charge in [-0.05, 0) is 55.2 Å². The molecule has 6 nitrogen and oxygen atoms in total. The van der Waals surface area contributed by atoms with Gasteiger partial charge in [0.1, 0.15) is 18.0 Å². The summed E-state index contributed by atoms with van der Waals surface area (Å²) in [6.45, 7) is 4.35. The van der Waals surface area contributed by atoms with Crippen LogP contribution in [0.5, 0.6) is 0 Å². The minimum Gasteiger partial charge on any atom is -0.355 e. The summed E-state index contributed by atoms with van der Waals surface area (Å²) in [5.41, 5.74) is 1.10. The lowest BCUT2D eigenvalue weighted by Crippen LogP contribution is -2.46. The number of hydrogen-bond acceptors (Lipinski definition) is 3. The monoisotopic (exact) mass is 398 g/mol. The lowest BCUT2D eigenvalue weighted by atomic mass is 9.95. The molecule has 2 N–H and O–H groups in total. The van der Waals surface area contributed by atoms with Crippen LogP contribution in [0.1, 0.15) is 44.0 Å². The summed E-state index contributed by atoms with van der Waals surface area (Å²) < 4.78 is 15.2. The summed E-state index contributed by atoms with van der Waals surface area (Å²) in [7, 11) is 0. The third-order valence-corrected chi connectivity index (χ3v) is 6.30. The first kappa shape index (κ1) is 19.9. The van der Waals surface area contributed by atoms with E-state index in [9.17, 15) is 4.39 Å². The predicted molar refractivity (Wildman–Crippen MR) is 112 cm³/mol. The van der Waals surface area contributed by atoms with Crippen molar-refractivity contribution in [2.75, 3.05) is 13.1 Å². The van der Waals surface area contributed by atoms with E-state index in [1.807, 2.05) is 12.1 Å². The van der Waals surface area contributed by atoms with E-state index in [0.29, 0.717) is 12.6 Å². The molecule has 0 radical (unpaired) electrons. The Kier molecular flexibility index (Phi) is 6.42. The van der Waals surface area contributed by atoms with Gasteiger partial charge in [0.25, 0.3) is 0 Å². The molecule has 1 aromatic heterocycles. The van der Waals surface area contributed by atoms with Crippen LogP contribution >= 0.6 is 0 Å². The van der Waals surface area contributed by atoms with E-state index in [2.05, 4.69) is 32.3 Å². The van der Waals surface area contributed by atoms with Crippen LogP contribution in [0.2, 0.25) is 0 Å². The van der Waals surface area contributed by atoms with Gasteiger partial charge in [-0.15, -0.1) is 10.2 Å². The molecule has 2 aromatic rings. The van der Waals surface area contributed by atoms with E-state index in [-0.39, 0.29) is 5.82 Å². The van der Waals surface area contributed by atoms with Gasteiger partial charge in [0.05, 0.1) is 0 Å². The Morgan fingerprint density at radius 1 is 1.24 bits per heavy atom. The van der Waals surface area contributed by atoms with Crippen molar-refractivity contribution in [1.29, 1.82) is 0 Å². The maximum absolute atomic E-state index is 13.1. The molecule has 2 aliphatic rings. The Labute approximate surface area is 172 Å². The van der Waals surface area contributed by atoms with Gasteiger partial charge in [0.2, 0.25) is 0 Å². The molecule has 2 aliphatic carbocycles. The molecule has 156 valence electrons. The van der Waals surface area contributed by atoms with Crippen LogP contribution in [-0.2, 0) is 19.4 Å². The number of halogens is 1. The van der Waals surface area contributed by atoms with E-state index in [1.54, 1.807) is 6.33 Å². The molecule has 0 aliphatic heterocycles. The fraction of sp³-hybridized carbons (Fsp3) is 0.591. The number of benzene rings is 1. The van der Waals surface area contributed by atoms with Crippen LogP contribution in [-0.4, -0.2) is 39.9 Å². The highest BCUT2D eigenvalue weighted by atomic mass is 19.1. The molecule has 29 heavy (non-hydrogen) atoms. The number of fused-ring (bicyclic) bond motifs is 2. The third-order valence-electron chi connectivity index (χ3n) is 6.30. The van der Waals surface area contributed by atoms with Gasteiger partial charge in [-0.1, -0.05) is 25.5 Å². The van der Waals surface area contributed by atoms with Crippen molar-refractivity contribution in [3.05, 3.63) is 47.8 Å². The minimum absolute atomic E-state index is 0.196. The second-order valence-corrected chi connectivity index (χ2v) is 8.25. The molecule has 0 spiro atoms. The molecule has 2 saturated carbocycles. The van der Waals surface area contributed by atoms with Crippen molar-refractivity contribution >= 4 is 5.96 Å². The van der Waals surface area contributed by atoms with Crippen molar-refractivity contribution < 1.29 is 4.39 Å². The quantitative estimate of drug-likeness (QED) is 0.530. The van der Waals surface area contributed by atoms with Gasteiger partial charge in [0.15, 0.2) is 5.96 Å². The van der Waals surface area contributed by atoms with Crippen LogP contribution in [0.15, 0.2) is 35.6 Å². The van der Waals surface area contributed by atoms with E-state index < -0.39 is 0 Å². The molecule has 0 amide bonds. The van der Waals surface area contributed by atoms with Gasteiger partial charge in [-0.3, -0.25) is 4.99 Å². The summed E-state index contributed by atoms with van der Waals surface area (Å²) in [6, 6.07) is 7.22. The number of rotatable bonds is 8. The number of nitrogens with zero attached hydrogens (tertiary/aromatic N) is 4. The average molecular weight is 399 g/mol. The van der Waals surface area contributed by atoms with Crippen LogP contribution in [0.4, 0.5) is 4.39 Å². The topological polar surface area (TPSA) is 67.1 Å². The molecule has 7 heteroatoms. The highest BCUT2D eigenvalue weighted by Gasteiger charge is 2.39. The highest BCUT2D eigenvalue weighted by Crippen LogP contribution is 2.44. The van der Waals surface area contributed by atoms with Crippen LogP contribution < -0.4 is 10.6 Å². The zero-order chi connectivity index (χ0) is 20.1. The highest BCUT2D eigenvalue weighted by molar-refractivity contribution is 5.80. The van der Waals surface area contributed by atoms with Gasteiger partial charge in [0, 0.05) is 32.1 Å². The molecule has 3 unspecified atom stereocenters. The molecule has 0 saturated heterocycles. The summed E-state index contributed by atoms with van der Waals surface area (Å²) in [5.74, 6) is 3.37. The molecule has 2 fully saturated rings. The molecular weight excluding hydrogens is 367 g/mol. The smallest absolute Gasteiger partial charge is 0.191 e. The summed E-state index contributed by atoms with van der Waals surface area (Å²) in [6.07, 6.45) is 8.81. The van der Waals surface area contributed by atoms with Gasteiger partial charge >= 0.3 is 0 Å². The number of hydrogen-bond donors (Lipinski definition) is 2. The maximum atomic E-state index is 13.1. The lowest BCUT2D eigenvalue weighted by molar-refractivity contribution is 0.387. The summed E-state index contributed by atoms with van der Waals surface area (Å²) in [5, 5.41) is 15.3. The standard InChI is InChI=1S/C22H31FN6/c1-2-21-28-26-15-29(21)12-11-25-22(27-20-14-17-3-6-18(20)13-17)24-10-9-16-4-7-19(23)8-5-16/h4-5,7-8,15,17-18,20H,2-3,6,9-14H2,1H3,(H2,24,25,27). The Balaban J connectivity index is 1.34. The average Bonchev–Trinajstić information content (AvgIpc) is 3.46. The third kappa shape index (κ3) is 5.14. The van der Waals surface area contributed by atoms with E-state index in [1.165, 1.54) is 37.8 Å². The number of nitrogens with one attached hydrogen (secondary N) is 2. The first-order valence-corrected chi connectivity index (χ1v) is 10.9. The van der Waals surface area contributed by atoms with Crippen LogP contribution in [0.3, 0.4) is 0 Å². The number of aryl methyl sites for hydroxylation is 1. The van der Waals surface area contributed by atoms with E-state index >= 15 is 0 Å². The SMILES string of the molecule is CCc1nncn1CCNC(=NCCc1ccc(F)cc1)NC1CC2CCC1C2. The van der Waals surface area contributed by atoms with Gasteiger partial charge in [-0.25, -0.2) is 4.39 Å². The second-order valence-electron chi connectivity index (χ2n) is 8.25. The number of aromatic nitrogens is 3. The molecule has 1 heterocycles. The normalized spacial score (nSPS) is 23.5. The van der Waals surface area contributed by atoms with Crippen molar-refractivity contribution in [2.45, 2.75) is 58.0 Å². The lowest BCUT2D eigenvalue weighted by Gasteiger charge is -2.25. The van der Waals surface area contributed by atoms with Crippen LogP contribution in [0.25, 0.3) is 0 Å². The fourth-order valence-electron chi connectivity index (χ4n) is 4.73. The zero-order valence-corrected chi connectivity index (χ0v) is 17.1. The maximum Gasteiger partial charge on any atom is 0.191 e. The van der Waals surface area contributed by atoms with Crippen molar-refractivity contribution in [3.8, 4) is 0 Å². The molecule has 3 atom stereocenters. The molecular formula is C22H31FN6. The first-order valence-electron chi connectivity index (χ1n) is 10.9. The molecule has 2 bridgehead atoms. The largest absolute Gasteiger partial charge is 0.355 e. The van der Waals surface area contributed by atoms with Crippen molar-refractivity contribution in [3.63, 3.8) is 0 Å². The zero-order valence-electron chi connectivity index (χ0n) is 17.1. The van der Waals surface area contributed by atoms with Crippen LogP contribution in [0, 0.1) is 17.7 Å².